The summed E-state index contributed by atoms with van der Waals surface area (Å²) in [6, 6.07) is 5.74. The lowest BCUT2D eigenvalue weighted by atomic mass is 10.1. The van der Waals surface area contributed by atoms with Crippen molar-refractivity contribution in [3.05, 3.63) is 41.3 Å². The lowest BCUT2D eigenvalue weighted by Crippen LogP contribution is -2.34. The Morgan fingerprint density at radius 1 is 1.18 bits per heavy atom. The van der Waals surface area contributed by atoms with Gasteiger partial charge in [-0.1, -0.05) is 6.07 Å². The van der Waals surface area contributed by atoms with Gasteiger partial charge in [-0.25, -0.2) is 14.5 Å². The Morgan fingerprint density at radius 2 is 2.00 bits per heavy atom. The third-order valence-electron chi connectivity index (χ3n) is 5.02. The maximum Gasteiger partial charge on any atom is 0.251 e. The molecule has 1 fully saturated rings. The summed E-state index contributed by atoms with van der Waals surface area (Å²) in [5.74, 6) is 0.420. The molecule has 1 aliphatic heterocycles. The number of carbonyl (C=O) groups excluding carboxylic acids is 2. The minimum Gasteiger partial charge on any atom is -0.333 e. The molecule has 4 rings (SSSR count). The number of hydrogen-bond acceptors (Lipinski definition) is 5. The van der Waals surface area contributed by atoms with Crippen LogP contribution in [0.1, 0.15) is 29.8 Å². The van der Waals surface area contributed by atoms with Gasteiger partial charge in [-0.15, -0.1) is 0 Å². The summed E-state index contributed by atoms with van der Waals surface area (Å²) in [4.78, 5) is 34.5. The largest absolute Gasteiger partial charge is 0.333 e. The topological polar surface area (TPSA) is 92.5 Å². The van der Waals surface area contributed by atoms with E-state index in [1.54, 1.807) is 9.42 Å². The van der Waals surface area contributed by atoms with Gasteiger partial charge >= 0.3 is 0 Å². The van der Waals surface area contributed by atoms with Gasteiger partial charge in [0.1, 0.15) is 0 Å². The van der Waals surface area contributed by atoms with Crippen LogP contribution in [-0.4, -0.2) is 49.4 Å². The maximum atomic E-state index is 12.3. The highest BCUT2D eigenvalue weighted by Gasteiger charge is 2.22. The Bertz CT molecular complexity index is 1050. The number of fused-ring (bicyclic) bond motifs is 1. The minimum absolute atomic E-state index is 0.0433. The Hall–Kier alpha value is -3.29. The lowest BCUT2D eigenvalue weighted by molar-refractivity contribution is -0.131. The van der Waals surface area contributed by atoms with Gasteiger partial charge in [-0.2, -0.15) is 5.10 Å². The van der Waals surface area contributed by atoms with E-state index < -0.39 is 0 Å². The smallest absolute Gasteiger partial charge is 0.251 e. The van der Waals surface area contributed by atoms with Crippen molar-refractivity contribution in [1.82, 2.24) is 24.5 Å². The zero-order chi connectivity index (χ0) is 19.8. The molecule has 2 aromatic heterocycles. The van der Waals surface area contributed by atoms with Crippen molar-refractivity contribution in [1.29, 1.82) is 0 Å². The van der Waals surface area contributed by atoms with Crippen LogP contribution >= 0.6 is 0 Å². The average molecular weight is 378 g/mol. The summed E-state index contributed by atoms with van der Waals surface area (Å²) in [7, 11) is 0. The molecule has 3 aromatic rings. The predicted molar refractivity (Wildman–Crippen MR) is 105 cm³/mol. The summed E-state index contributed by atoms with van der Waals surface area (Å²) >= 11 is 0. The van der Waals surface area contributed by atoms with Crippen LogP contribution in [-0.2, 0) is 9.59 Å². The molecule has 0 saturated carbocycles. The normalized spacial score (nSPS) is 14.1. The van der Waals surface area contributed by atoms with E-state index in [4.69, 9.17) is 0 Å². The molecule has 1 N–H and O–H groups in total. The molecule has 144 valence electrons. The van der Waals surface area contributed by atoms with Crippen LogP contribution in [0.2, 0.25) is 0 Å². The Labute approximate surface area is 162 Å². The van der Waals surface area contributed by atoms with Crippen molar-refractivity contribution in [2.24, 2.45) is 0 Å². The molecule has 0 atom stereocenters. The first-order chi connectivity index (χ1) is 13.4. The molecule has 2 amide bonds. The molecular weight excluding hydrogens is 356 g/mol. The predicted octanol–water partition coefficient (Wildman–Crippen LogP) is 2.28. The molecule has 1 aromatic carbocycles. The van der Waals surface area contributed by atoms with Crippen molar-refractivity contribution >= 4 is 23.3 Å². The lowest BCUT2D eigenvalue weighted by Gasteiger charge is -2.16. The molecule has 3 heterocycles. The first-order valence-electron chi connectivity index (χ1n) is 9.30. The highest BCUT2D eigenvalue weighted by molar-refractivity contribution is 5.95. The van der Waals surface area contributed by atoms with E-state index in [9.17, 15) is 9.59 Å². The fourth-order valence-electron chi connectivity index (χ4n) is 3.31. The number of likely N-dealkylation sites (tertiary alicyclic amines) is 1. The summed E-state index contributed by atoms with van der Waals surface area (Å²) in [5.41, 5.74) is 5.06. The highest BCUT2D eigenvalue weighted by atomic mass is 16.2. The third-order valence-corrected chi connectivity index (χ3v) is 5.02. The van der Waals surface area contributed by atoms with Gasteiger partial charge in [0.05, 0.1) is 29.8 Å². The van der Waals surface area contributed by atoms with E-state index in [0.29, 0.717) is 18.7 Å². The van der Waals surface area contributed by atoms with Gasteiger partial charge in [0, 0.05) is 24.2 Å². The maximum absolute atomic E-state index is 12.3. The standard InChI is InChI=1S/C20H22N6O2/c1-12-9-15(17-10-26-20(23-17)21-13(2)14(3)24-26)6-7-16(12)22-18(27)11-25-8-4-5-19(25)28/h6-7,9-10H,4-5,8,11H2,1-3H3,(H,22,27). The number of nitrogens with one attached hydrogen (secondary N) is 1. The van der Waals surface area contributed by atoms with Gasteiger partial charge in [0.2, 0.25) is 11.8 Å². The highest BCUT2D eigenvalue weighted by Crippen LogP contribution is 2.24. The van der Waals surface area contributed by atoms with Gasteiger partial charge in [-0.05, 0) is 44.9 Å². The second-order valence-electron chi connectivity index (χ2n) is 7.15. The number of aryl methyl sites for hydroxylation is 3. The minimum atomic E-state index is -0.182. The van der Waals surface area contributed by atoms with E-state index >= 15 is 0 Å². The fourth-order valence-corrected chi connectivity index (χ4v) is 3.31. The molecular formula is C20H22N6O2. The quantitative estimate of drug-likeness (QED) is 0.752. The molecule has 8 heteroatoms. The molecule has 0 radical (unpaired) electrons. The monoisotopic (exact) mass is 378 g/mol. The second kappa shape index (κ2) is 7.03. The van der Waals surface area contributed by atoms with Crippen LogP contribution in [0.15, 0.2) is 24.4 Å². The molecule has 8 nitrogen and oxygen atoms in total. The van der Waals surface area contributed by atoms with Crippen LogP contribution in [0.3, 0.4) is 0 Å². The zero-order valence-electron chi connectivity index (χ0n) is 16.2. The van der Waals surface area contributed by atoms with Crippen LogP contribution in [0.4, 0.5) is 5.69 Å². The number of imidazole rings is 1. The van der Waals surface area contributed by atoms with E-state index in [-0.39, 0.29) is 18.4 Å². The summed E-state index contributed by atoms with van der Waals surface area (Å²) in [6.07, 6.45) is 3.20. The van der Waals surface area contributed by atoms with Crippen molar-refractivity contribution in [3.8, 4) is 11.3 Å². The number of nitrogens with zero attached hydrogens (tertiary/aromatic N) is 5. The first kappa shape index (κ1) is 18.1. The van der Waals surface area contributed by atoms with Crippen molar-refractivity contribution in [2.45, 2.75) is 33.6 Å². The number of anilines is 1. The number of hydrogen-bond donors (Lipinski definition) is 1. The molecule has 0 aliphatic carbocycles. The van der Waals surface area contributed by atoms with Crippen LogP contribution in [0.5, 0.6) is 0 Å². The SMILES string of the molecule is Cc1cc(-c2cn3nc(C)c(C)nc3n2)ccc1NC(=O)CN1CCCC1=O. The van der Waals surface area contributed by atoms with Crippen molar-refractivity contribution < 1.29 is 9.59 Å². The fraction of sp³-hybridized carbons (Fsp3) is 0.350. The molecule has 1 saturated heterocycles. The first-order valence-corrected chi connectivity index (χ1v) is 9.30. The van der Waals surface area contributed by atoms with E-state index in [0.717, 1.165) is 40.3 Å². The van der Waals surface area contributed by atoms with Crippen LogP contribution in [0, 0.1) is 20.8 Å². The van der Waals surface area contributed by atoms with E-state index in [1.807, 2.05) is 45.2 Å². The number of benzene rings is 1. The molecule has 1 aliphatic rings. The van der Waals surface area contributed by atoms with E-state index in [1.165, 1.54) is 0 Å². The average Bonchev–Trinajstić information content (AvgIpc) is 3.23. The van der Waals surface area contributed by atoms with Crippen LogP contribution in [0.25, 0.3) is 17.0 Å². The third kappa shape index (κ3) is 3.45. The summed E-state index contributed by atoms with van der Waals surface area (Å²) in [6.45, 7) is 6.51. The number of amides is 2. The van der Waals surface area contributed by atoms with Crippen molar-refractivity contribution in [3.63, 3.8) is 0 Å². The molecule has 0 unspecified atom stereocenters. The summed E-state index contributed by atoms with van der Waals surface area (Å²) in [5, 5.41) is 7.35. The second-order valence-corrected chi connectivity index (χ2v) is 7.15. The van der Waals surface area contributed by atoms with Gasteiger partial charge in [0.15, 0.2) is 0 Å². The Kier molecular flexibility index (Phi) is 4.54. The molecule has 28 heavy (non-hydrogen) atoms. The molecule has 0 bridgehead atoms. The van der Waals surface area contributed by atoms with Crippen molar-refractivity contribution in [2.75, 3.05) is 18.4 Å². The zero-order valence-corrected chi connectivity index (χ0v) is 16.2. The number of carbonyl (C=O) groups is 2. The Morgan fingerprint density at radius 3 is 2.71 bits per heavy atom. The number of aromatic nitrogens is 4. The van der Waals surface area contributed by atoms with Gasteiger partial charge in [0.25, 0.3) is 5.78 Å². The van der Waals surface area contributed by atoms with Gasteiger partial charge < -0.3 is 10.2 Å². The Balaban J connectivity index is 1.53. The van der Waals surface area contributed by atoms with E-state index in [2.05, 4.69) is 20.4 Å². The van der Waals surface area contributed by atoms with Gasteiger partial charge in [-0.3, -0.25) is 9.59 Å². The van der Waals surface area contributed by atoms with Crippen LogP contribution < -0.4 is 5.32 Å². The summed E-state index contributed by atoms with van der Waals surface area (Å²) < 4.78 is 1.68. The number of rotatable bonds is 4. The molecule has 0 spiro atoms.